The van der Waals surface area contributed by atoms with Gasteiger partial charge in [-0.25, -0.2) is 0 Å². The van der Waals surface area contributed by atoms with Crippen LogP contribution in [0.5, 0.6) is 0 Å². The predicted molar refractivity (Wildman–Crippen MR) is 63.0 cm³/mol. The van der Waals surface area contributed by atoms with Gasteiger partial charge in [0.15, 0.2) is 5.78 Å². The highest BCUT2D eigenvalue weighted by Gasteiger charge is 2.40. The predicted octanol–water partition coefficient (Wildman–Crippen LogP) is 1.76. The van der Waals surface area contributed by atoms with Gasteiger partial charge < -0.3 is 10.2 Å². The van der Waals surface area contributed by atoms with Crippen LogP contribution in [-0.4, -0.2) is 28.7 Å². The topological polar surface area (TPSA) is 57.5 Å². The summed E-state index contributed by atoms with van der Waals surface area (Å²) in [5.74, 6) is 0.839. The number of Topliss-reactive ketones (excluding diaryl/α,β-unsaturated/α-hetero) is 1. The smallest absolute Gasteiger partial charge is 0.158 e. The molecule has 1 aliphatic rings. The van der Waals surface area contributed by atoms with Gasteiger partial charge in [-0.05, 0) is 36.5 Å². The Labute approximate surface area is 97.9 Å². The van der Waals surface area contributed by atoms with E-state index in [-0.39, 0.29) is 23.9 Å². The fraction of sp³-hybridized carbons (Fsp3) is 0.923. The first-order chi connectivity index (χ1) is 7.36. The second-order valence-electron chi connectivity index (χ2n) is 5.90. The lowest BCUT2D eigenvalue weighted by atomic mass is 9.62. The van der Waals surface area contributed by atoms with Gasteiger partial charge in [-0.3, -0.25) is 4.79 Å². The van der Waals surface area contributed by atoms with Crippen LogP contribution in [-0.2, 0) is 4.79 Å². The second-order valence-corrected chi connectivity index (χ2v) is 5.90. The highest BCUT2D eigenvalue weighted by molar-refractivity contribution is 5.79. The summed E-state index contributed by atoms with van der Waals surface area (Å²) < 4.78 is 0. The van der Waals surface area contributed by atoms with Gasteiger partial charge in [-0.1, -0.05) is 20.8 Å². The third kappa shape index (κ3) is 3.29. The van der Waals surface area contributed by atoms with E-state index < -0.39 is 0 Å². The number of rotatable bonds is 4. The van der Waals surface area contributed by atoms with Crippen LogP contribution in [0, 0.1) is 17.3 Å². The van der Waals surface area contributed by atoms with E-state index in [1.165, 1.54) is 0 Å². The number of carbonyl (C=O) groups excluding carboxylic acids is 1. The number of hydrogen-bond acceptors (Lipinski definition) is 3. The van der Waals surface area contributed by atoms with Crippen LogP contribution < -0.4 is 0 Å². The lowest BCUT2D eigenvalue weighted by Gasteiger charge is -2.45. The standard InChI is InChI=1S/C13H24O3/c1-9-6-11(16)7-13(2,3)12(9)5-4-10(15)8-14/h9,11-12,14,16H,4-8H2,1-3H3. The van der Waals surface area contributed by atoms with Crippen molar-refractivity contribution in [3.8, 4) is 0 Å². The Hall–Kier alpha value is -0.410. The van der Waals surface area contributed by atoms with E-state index in [9.17, 15) is 9.90 Å². The zero-order valence-electron chi connectivity index (χ0n) is 10.6. The minimum Gasteiger partial charge on any atom is -0.393 e. The number of ketones is 1. The Morgan fingerprint density at radius 1 is 1.44 bits per heavy atom. The monoisotopic (exact) mass is 228 g/mol. The molecular formula is C13H24O3. The summed E-state index contributed by atoms with van der Waals surface area (Å²) in [6.07, 6.45) is 2.75. The largest absolute Gasteiger partial charge is 0.393 e. The SMILES string of the molecule is CC1CC(O)CC(C)(C)C1CCC(=O)CO. The third-order valence-corrected chi connectivity index (χ3v) is 4.01. The zero-order valence-corrected chi connectivity index (χ0v) is 10.6. The molecule has 3 nitrogen and oxygen atoms in total. The van der Waals surface area contributed by atoms with E-state index in [1.807, 2.05) is 0 Å². The van der Waals surface area contributed by atoms with Gasteiger partial charge in [0, 0.05) is 6.42 Å². The highest BCUT2D eigenvalue weighted by atomic mass is 16.3. The van der Waals surface area contributed by atoms with Gasteiger partial charge >= 0.3 is 0 Å². The summed E-state index contributed by atoms with van der Waals surface area (Å²) in [7, 11) is 0. The maximum absolute atomic E-state index is 11.1. The minimum atomic E-state index is -0.343. The molecule has 1 rings (SSSR count). The lowest BCUT2D eigenvalue weighted by molar-refractivity contribution is -0.122. The molecule has 3 heteroatoms. The summed E-state index contributed by atoms with van der Waals surface area (Å²) in [6, 6.07) is 0. The number of carbonyl (C=O) groups is 1. The molecule has 0 heterocycles. The molecule has 0 aliphatic heterocycles. The van der Waals surface area contributed by atoms with Crippen LogP contribution in [0.3, 0.4) is 0 Å². The molecule has 0 saturated heterocycles. The lowest BCUT2D eigenvalue weighted by Crippen LogP contribution is -2.40. The van der Waals surface area contributed by atoms with Crippen molar-refractivity contribution < 1.29 is 15.0 Å². The van der Waals surface area contributed by atoms with Crippen molar-refractivity contribution in [3.05, 3.63) is 0 Å². The van der Waals surface area contributed by atoms with Gasteiger partial charge in [0.2, 0.25) is 0 Å². The molecule has 0 aromatic rings. The molecule has 2 N–H and O–H groups in total. The van der Waals surface area contributed by atoms with Crippen LogP contribution in [0.1, 0.15) is 46.5 Å². The van der Waals surface area contributed by atoms with Crippen LogP contribution >= 0.6 is 0 Å². The molecule has 1 aliphatic carbocycles. The Kier molecular flexibility index (Phi) is 4.51. The average Bonchev–Trinajstić information content (AvgIpc) is 2.14. The fourth-order valence-corrected chi connectivity index (χ4v) is 3.28. The summed E-state index contributed by atoms with van der Waals surface area (Å²) in [5, 5.41) is 18.5. The van der Waals surface area contributed by atoms with Gasteiger partial charge in [0.05, 0.1) is 6.10 Å². The summed E-state index contributed by atoms with van der Waals surface area (Å²) in [6.45, 7) is 6.14. The second kappa shape index (κ2) is 5.28. The Bertz CT molecular complexity index is 248. The van der Waals surface area contributed by atoms with Crippen LogP contribution in [0.4, 0.5) is 0 Å². The van der Waals surface area contributed by atoms with E-state index in [1.54, 1.807) is 0 Å². The molecule has 0 aromatic carbocycles. The van der Waals surface area contributed by atoms with Crippen molar-refractivity contribution in [2.45, 2.75) is 52.6 Å². The summed E-state index contributed by atoms with van der Waals surface area (Å²) >= 11 is 0. The first kappa shape index (κ1) is 13.7. The molecule has 0 aromatic heterocycles. The Morgan fingerprint density at radius 3 is 2.56 bits per heavy atom. The van der Waals surface area contributed by atoms with E-state index in [4.69, 9.17) is 5.11 Å². The van der Waals surface area contributed by atoms with Gasteiger partial charge in [-0.15, -0.1) is 0 Å². The molecule has 0 bridgehead atoms. The van der Waals surface area contributed by atoms with Gasteiger partial charge in [0.25, 0.3) is 0 Å². The molecule has 1 saturated carbocycles. The molecule has 3 unspecified atom stereocenters. The van der Waals surface area contributed by atoms with Crippen LogP contribution in [0.15, 0.2) is 0 Å². The minimum absolute atomic E-state index is 0.0749. The van der Waals surface area contributed by atoms with Crippen molar-refractivity contribution in [2.24, 2.45) is 17.3 Å². The third-order valence-electron chi connectivity index (χ3n) is 4.01. The van der Waals surface area contributed by atoms with Crippen LogP contribution in [0.25, 0.3) is 0 Å². The summed E-state index contributed by atoms with van der Waals surface area (Å²) in [4.78, 5) is 11.1. The Morgan fingerprint density at radius 2 is 2.06 bits per heavy atom. The Balaban J connectivity index is 2.58. The molecule has 0 spiro atoms. The molecule has 0 radical (unpaired) electrons. The average molecular weight is 228 g/mol. The molecular weight excluding hydrogens is 204 g/mol. The van der Waals surface area contributed by atoms with Gasteiger partial charge in [-0.2, -0.15) is 0 Å². The molecule has 1 fully saturated rings. The first-order valence-electron chi connectivity index (χ1n) is 6.17. The van der Waals surface area contributed by atoms with Crippen LogP contribution in [0.2, 0.25) is 0 Å². The zero-order chi connectivity index (χ0) is 12.3. The fourth-order valence-electron chi connectivity index (χ4n) is 3.28. The van der Waals surface area contributed by atoms with E-state index in [0.717, 1.165) is 19.3 Å². The maximum Gasteiger partial charge on any atom is 0.158 e. The normalized spacial score (nSPS) is 33.7. The number of hydrogen-bond donors (Lipinski definition) is 2. The van der Waals surface area contributed by atoms with Crippen molar-refractivity contribution >= 4 is 5.78 Å². The van der Waals surface area contributed by atoms with Crippen molar-refractivity contribution in [2.75, 3.05) is 6.61 Å². The van der Waals surface area contributed by atoms with Gasteiger partial charge in [0.1, 0.15) is 6.61 Å². The number of aliphatic hydroxyl groups is 2. The molecule has 3 atom stereocenters. The first-order valence-corrected chi connectivity index (χ1v) is 6.17. The van der Waals surface area contributed by atoms with Crippen molar-refractivity contribution in [1.29, 1.82) is 0 Å². The van der Waals surface area contributed by atoms with E-state index in [0.29, 0.717) is 18.3 Å². The molecule has 94 valence electrons. The van der Waals surface area contributed by atoms with E-state index >= 15 is 0 Å². The van der Waals surface area contributed by atoms with E-state index in [2.05, 4.69) is 20.8 Å². The molecule has 16 heavy (non-hydrogen) atoms. The number of aliphatic hydroxyl groups excluding tert-OH is 2. The quantitative estimate of drug-likeness (QED) is 0.771. The van der Waals surface area contributed by atoms with Crippen molar-refractivity contribution in [3.63, 3.8) is 0 Å². The molecule has 0 amide bonds. The highest BCUT2D eigenvalue weighted by Crippen LogP contribution is 2.46. The van der Waals surface area contributed by atoms with Crippen molar-refractivity contribution in [1.82, 2.24) is 0 Å². The summed E-state index contributed by atoms with van der Waals surface area (Å²) in [5.41, 5.74) is 0.0901. The maximum atomic E-state index is 11.1.